The Balaban J connectivity index is 2.25. The molecule has 0 aliphatic heterocycles. The van der Waals surface area contributed by atoms with Gasteiger partial charge in [-0.15, -0.1) is 0 Å². The van der Waals surface area contributed by atoms with E-state index in [1.54, 1.807) is 45.0 Å². The number of nitrogens with two attached hydrogens (primary N) is 1. The fraction of sp³-hybridized carbons (Fsp3) is 0.217. The number of ether oxygens (including phenoxy) is 1. The first-order valence-electron chi connectivity index (χ1n) is 9.82. The van der Waals surface area contributed by atoms with Gasteiger partial charge < -0.3 is 10.5 Å². The summed E-state index contributed by atoms with van der Waals surface area (Å²) in [5.41, 5.74) is 5.04. The Bertz CT molecular complexity index is 1330. The maximum atomic E-state index is 13.7. The van der Waals surface area contributed by atoms with Crippen LogP contribution >= 0.6 is 23.2 Å². The topological polar surface area (TPSA) is 107 Å². The van der Waals surface area contributed by atoms with Gasteiger partial charge in [-0.3, -0.25) is 13.9 Å². The van der Waals surface area contributed by atoms with Crippen molar-refractivity contribution >= 4 is 61.6 Å². The fourth-order valence-electron chi connectivity index (χ4n) is 3.32. The molecule has 0 fully saturated rings. The number of halogens is 2. The highest BCUT2D eigenvalue weighted by atomic mass is 35.5. The lowest BCUT2D eigenvalue weighted by Crippen LogP contribution is -2.39. The number of primary amides is 1. The number of anilines is 1. The van der Waals surface area contributed by atoms with Crippen molar-refractivity contribution in [1.29, 1.82) is 0 Å². The highest BCUT2D eigenvalue weighted by Crippen LogP contribution is 2.34. The normalized spacial score (nSPS) is 11.9. The molecule has 0 spiro atoms. The summed E-state index contributed by atoms with van der Waals surface area (Å²) in [5, 5.41) is 1.09. The van der Waals surface area contributed by atoms with Gasteiger partial charge in [-0.1, -0.05) is 47.5 Å². The molecule has 0 atom stereocenters. The van der Waals surface area contributed by atoms with Crippen LogP contribution in [0.15, 0.2) is 59.5 Å². The second-order valence-corrected chi connectivity index (χ2v) is 11.0. The Morgan fingerprint density at radius 1 is 0.970 bits per heavy atom. The number of amides is 1. The average Bonchev–Trinajstić information content (AvgIpc) is 2.69. The Kier molecular flexibility index (Phi) is 6.93. The van der Waals surface area contributed by atoms with Crippen LogP contribution in [0.2, 0.25) is 10.0 Å². The lowest BCUT2D eigenvalue weighted by Gasteiger charge is -2.27. The highest BCUT2D eigenvalue weighted by Gasteiger charge is 2.31. The number of benzene rings is 3. The van der Waals surface area contributed by atoms with Gasteiger partial charge in [0.2, 0.25) is 5.91 Å². The predicted molar refractivity (Wildman–Crippen MR) is 129 cm³/mol. The van der Waals surface area contributed by atoms with Gasteiger partial charge in [-0.25, -0.2) is 8.42 Å². The molecule has 174 valence electrons. The van der Waals surface area contributed by atoms with E-state index < -0.39 is 34.0 Å². The molecule has 7 nitrogen and oxygen atoms in total. The maximum absolute atomic E-state index is 13.7. The quantitative estimate of drug-likeness (QED) is 0.482. The third-order valence-corrected chi connectivity index (χ3v) is 6.72. The SMILES string of the molecule is CC(C)(C)OC(=O)CN(c1cccc2c(C(N)=O)cccc12)S(=O)(=O)c1cc(Cl)cc(Cl)c1. The smallest absolute Gasteiger partial charge is 0.327 e. The predicted octanol–water partition coefficient (Wildman–Crippen LogP) is 4.78. The van der Waals surface area contributed by atoms with Gasteiger partial charge >= 0.3 is 5.97 Å². The molecule has 0 bridgehead atoms. The molecule has 0 radical (unpaired) electrons. The number of sulfonamides is 1. The number of esters is 1. The van der Waals surface area contributed by atoms with Crippen LogP contribution in [0, 0.1) is 0 Å². The second kappa shape index (κ2) is 9.21. The zero-order valence-corrected chi connectivity index (χ0v) is 20.5. The molecule has 1 amide bonds. The van der Waals surface area contributed by atoms with Crippen LogP contribution in [0.25, 0.3) is 10.8 Å². The van der Waals surface area contributed by atoms with Gasteiger partial charge in [0.25, 0.3) is 10.0 Å². The van der Waals surface area contributed by atoms with Crippen molar-refractivity contribution in [1.82, 2.24) is 0 Å². The van der Waals surface area contributed by atoms with Gasteiger partial charge in [0.1, 0.15) is 12.1 Å². The van der Waals surface area contributed by atoms with Crippen molar-refractivity contribution in [2.24, 2.45) is 5.73 Å². The molecule has 2 N–H and O–H groups in total. The first-order chi connectivity index (χ1) is 15.3. The van der Waals surface area contributed by atoms with E-state index in [1.807, 2.05) is 0 Å². The number of hydrogen-bond acceptors (Lipinski definition) is 5. The molecule has 3 aromatic carbocycles. The first-order valence-corrected chi connectivity index (χ1v) is 12.0. The molecule has 0 aromatic heterocycles. The molecule has 33 heavy (non-hydrogen) atoms. The molecule has 10 heteroatoms. The van der Waals surface area contributed by atoms with Crippen molar-refractivity contribution in [3.63, 3.8) is 0 Å². The van der Waals surface area contributed by atoms with Crippen LogP contribution in [0.4, 0.5) is 5.69 Å². The molecule has 0 saturated carbocycles. The van der Waals surface area contributed by atoms with Crippen LogP contribution in [0.5, 0.6) is 0 Å². The number of nitrogens with zero attached hydrogens (tertiary/aromatic N) is 1. The summed E-state index contributed by atoms with van der Waals surface area (Å²) < 4.78 is 33.7. The maximum Gasteiger partial charge on any atom is 0.327 e. The summed E-state index contributed by atoms with van der Waals surface area (Å²) in [4.78, 5) is 24.4. The van der Waals surface area contributed by atoms with E-state index >= 15 is 0 Å². The highest BCUT2D eigenvalue weighted by molar-refractivity contribution is 7.92. The second-order valence-electron chi connectivity index (χ2n) is 8.25. The molecular weight excluding hydrogens is 487 g/mol. The Morgan fingerprint density at radius 3 is 2.12 bits per heavy atom. The van der Waals surface area contributed by atoms with Crippen molar-refractivity contribution in [2.75, 3.05) is 10.8 Å². The zero-order valence-electron chi connectivity index (χ0n) is 18.1. The lowest BCUT2D eigenvalue weighted by atomic mass is 10.0. The first kappa shape index (κ1) is 24.8. The van der Waals surface area contributed by atoms with Gasteiger partial charge in [0, 0.05) is 21.0 Å². The summed E-state index contributed by atoms with van der Waals surface area (Å²) in [7, 11) is -4.33. The van der Waals surface area contributed by atoms with Gasteiger partial charge in [-0.2, -0.15) is 0 Å². The molecule has 0 unspecified atom stereocenters. The minimum absolute atomic E-state index is 0.118. The van der Waals surface area contributed by atoms with Crippen LogP contribution in [-0.4, -0.2) is 32.4 Å². The number of rotatable bonds is 6. The van der Waals surface area contributed by atoms with Crippen molar-refractivity contribution in [2.45, 2.75) is 31.3 Å². The third kappa shape index (κ3) is 5.58. The van der Waals surface area contributed by atoms with Crippen LogP contribution < -0.4 is 10.0 Å². The van der Waals surface area contributed by atoms with E-state index in [0.29, 0.717) is 10.8 Å². The molecule has 3 aromatic rings. The van der Waals surface area contributed by atoms with Crippen molar-refractivity contribution in [3.05, 3.63) is 70.2 Å². The molecule has 3 rings (SSSR count). The Morgan fingerprint density at radius 2 is 1.55 bits per heavy atom. The Labute approximate surface area is 202 Å². The van der Waals surface area contributed by atoms with Crippen molar-refractivity contribution < 1.29 is 22.7 Å². The monoisotopic (exact) mass is 508 g/mol. The average molecular weight is 509 g/mol. The van der Waals surface area contributed by atoms with E-state index in [0.717, 1.165) is 4.31 Å². The minimum Gasteiger partial charge on any atom is -0.459 e. The number of carbonyl (C=O) groups excluding carboxylic acids is 2. The number of carbonyl (C=O) groups is 2. The van der Waals surface area contributed by atoms with E-state index in [9.17, 15) is 18.0 Å². The van der Waals surface area contributed by atoms with E-state index in [2.05, 4.69) is 0 Å². The molecular formula is C23H22Cl2N2O5S. The van der Waals surface area contributed by atoms with E-state index in [1.165, 1.54) is 30.3 Å². The number of hydrogen-bond donors (Lipinski definition) is 1. The van der Waals surface area contributed by atoms with Crippen LogP contribution in [0.3, 0.4) is 0 Å². The summed E-state index contributed by atoms with van der Waals surface area (Å²) in [6.45, 7) is 4.41. The van der Waals surface area contributed by atoms with Crippen molar-refractivity contribution in [3.8, 4) is 0 Å². The molecule has 0 aliphatic rings. The number of fused-ring (bicyclic) bond motifs is 1. The standard InChI is InChI=1S/C23H22Cl2N2O5S/c1-23(2,3)32-21(28)13-27(33(30,31)16-11-14(24)10-15(25)12-16)20-9-5-6-17-18(20)7-4-8-19(17)22(26)29/h4-12H,13H2,1-3H3,(H2,26,29). The van der Waals surface area contributed by atoms with Crippen LogP contribution in [0.1, 0.15) is 31.1 Å². The summed E-state index contributed by atoms with van der Waals surface area (Å²) in [6.07, 6.45) is 0. The summed E-state index contributed by atoms with van der Waals surface area (Å²) >= 11 is 12.1. The van der Waals surface area contributed by atoms with E-state index in [4.69, 9.17) is 33.7 Å². The molecule has 0 saturated heterocycles. The Hall–Kier alpha value is -2.81. The molecule has 0 heterocycles. The van der Waals surface area contributed by atoms with Gasteiger partial charge in [0.05, 0.1) is 10.6 Å². The van der Waals surface area contributed by atoms with E-state index in [-0.39, 0.29) is 26.2 Å². The van der Waals surface area contributed by atoms with Gasteiger partial charge in [-0.05, 0) is 56.5 Å². The summed E-state index contributed by atoms with van der Waals surface area (Å²) in [6, 6.07) is 13.4. The van der Waals surface area contributed by atoms with Gasteiger partial charge in [0.15, 0.2) is 0 Å². The largest absolute Gasteiger partial charge is 0.459 e. The lowest BCUT2D eigenvalue weighted by molar-refractivity contribution is -0.152. The molecule has 0 aliphatic carbocycles. The third-order valence-electron chi connectivity index (χ3n) is 4.55. The van der Waals surface area contributed by atoms with Crippen LogP contribution in [-0.2, 0) is 19.6 Å². The zero-order chi connectivity index (χ0) is 24.6. The fourth-order valence-corrected chi connectivity index (χ4v) is 5.48. The summed E-state index contributed by atoms with van der Waals surface area (Å²) in [5.74, 6) is -1.43. The minimum atomic E-state index is -4.33.